The number of amides is 1. The van der Waals surface area contributed by atoms with E-state index in [1.807, 2.05) is 0 Å². The first-order valence-corrected chi connectivity index (χ1v) is 3.35. The van der Waals surface area contributed by atoms with E-state index in [-0.39, 0.29) is 5.69 Å². The highest BCUT2D eigenvalue weighted by atomic mass is 19.4. The molecule has 0 unspecified atom stereocenters. The van der Waals surface area contributed by atoms with Crippen molar-refractivity contribution >= 4 is 11.6 Å². The van der Waals surface area contributed by atoms with Gasteiger partial charge in [-0.3, -0.25) is 4.79 Å². The van der Waals surface area contributed by atoms with Crippen LogP contribution in [0, 0.1) is 6.07 Å². The molecule has 0 fully saturated rings. The molecular weight excluding hydrogens is 183 g/mol. The van der Waals surface area contributed by atoms with E-state index in [1.54, 1.807) is 11.4 Å². The lowest BCUT2D eigenvalue weighted by Crippen LogP contribution is -2.29. The number of carbonyl (C=O) groups is 1. The van der Waals surface area contributed by atoms with Crippen molar-refractivity contribution in [2.75, 3.05) is 5.32 Å². The average molecular weight is 188 g/mol. The van der Waals surface area contributed by atoms with Crippen LogP contribution in [0.15, 0.2) is 24.3 Å². The summed E-state index contributed by atoms with van der Waals surface area (Å²) < 4.78 is 35.1. The molecule has 0 aliphatic heterocycles. The number of rotatable bonds is 1. The van der Waals surface area contributed by atoms with Crippen LogP contribution >= 0.6 is 0 Å². The number of carbonyl (C=O) groups excluding carboxylic acids is 1. The van der Waals surface area contributed by atoms with Gasteiger partial charge >= 0.3 is 12.1 Å². The van der Waals surface area contributed by atoms with Gasteiger partial charge < -0.3 is 5.32 Å². The summed E-state index contributed by atoms with van der Waals surface area (Å²) in [5.74, 6) is -1.99. The number of anilines is 1. The van der Waals surface area contributed by atoms with E-state index in [1.165, 1.54) is 18.2 Å². The first-order valence-electron chi connectivity index (χ1n) is 3.35. The van der Waals surface area contributed by atoms with Crippen LogP contribution in [0.2, 0.25) is 0 Å². The number of hydrogen-bond donors (Lipinski definition) is 1. The third-order valence-corrected chi connectivity index (χ3v) is 1.21. The second-order valence-corrected chi connectivity index (χ2v) is 2.23. The Kier molecular flexibility index (Phi) is 2.55. The maximum Gasteiger partial charge on any atom is 0.471 e. The highest BCUT2D eigenvalue weighted by molar-refractivity contribution is 5.94. The Hall–Kier alpha value is -1.52. The zero-order valence-corrected chi connectivity index (χ0v) is 6.35. The van der Waals surface area contributed by atoms with Crippen LogP contribution in [0.5, 0.6) is 0 Å². The Bertz CT molecular complexity index is 294. The summed E-state index contributed by atoms with van der Waals surface area (Å²) in [7, 11) is 0. The van der Waals surface area contributed by atoms with E-state index >= 15 is 0 Å². The summed E-state index contributed by atoms with van der Waals surface area (Å²) in [6.07, 6.45) is -4.86. The fraction of sp³-hybridized carbons (Fsp3) is 0.125. The fourth-order valence-electron chi connectivity index (χ4n) is 0.664. The van der Waals surface area contributed by atoms with Crippen LogP contribution in [0.1, 0.15) is 0 Å². The third kappa shape index (κ3) is 2.77. The Balaban J connectivity index is 2.66. The van der Waals surface area contributed by atoms with E-state index in [4.69, 9.17) is 0 Å². The van der Waals surface area contributed by atoms with Gasteiger partial charge in [-0.05, 0) is 6.07 Å². The monoisotopic (exact) mass is 188 g/mol. The Labute approximate surface area is 72.4 Å². The van der Waals surface area contributed by atoms with Crippen LogP contribution < -0.4 is 5.32 Å². The lowest BCUT2D eigenvalue weighted by molar-refractivity contribution is -0.167. The zero-order chi connectivity index (χ0) is 9.90. The molecule has 13 heavy (non-hydrogen) atoms. The molecule has 1 radical (unpaired) electrons. The van der Waals surface area contributed by atoms with Crippen molar-refractivity contribution in [1.82, 2.24) is 0 Å². The molecule has 1 aromatic rings. The molecule has 1 amide bonds. The molecule has 2 nitrogen and oxygen atoms in total. The summed E-state index contributed by atoms with van der Waals surface area (Å²) in [5.41, 5.74) is 0.00447. The summed E-state index contributed by atoms with van der Waals surface area (Å²) in [4.78, 5) is 10.4. The minimum Gasteiger partial charge on any atom is -0.318 e. The molecule has 1 N–H and O–H groups in total. The normalized spacial score (nSPS) is 11.0. The molecule has 0 aliphatic rings. The van der Waals surface area contributed by atoms with Crippen molar-refractivity contribution in [2.24, 2.45) is 0 Å². The lowest BCUT2D eigenvalue weighted by Gasteiger charge is -2.06. The molecule has 0 saturated heterocycles. The molecular formula is C8H5F3NO. The van der Waals surface area contributed by atoms with Crippen LogP contribution in [0.25, 0.3) is 0 Å². The van der Waals surface area contributed by atoms with Gasteiger partial charge in [0.15, 0.2) is 0 Å². The van der Waals surface area contributed by atoms with Gasteiger partial charge in [-0.25, -0.2) is 0 Å². The number of alkyl halides is 3. The van der Waals surface area contributed by atoms with Crippen LogP contribution in [0.3, 0.4) is 0 Å². The zero-order valence-electron chi connectivity index (χ0n) is 6.35. The molecule has 0 saturated carbocycles. The largest absolute Gasteiger partial charge is 0.471 e. The smallest absolute Gasteiger partial charge is 0.318 e. The van der Waals surface area contributed by atoms with Gasteiger partial charge in [0, 0.05) is 11.8 Å². The highest BCUT2D eigenvalue weighted by Crippen LogP contribution is 2.17. The van der Waals surface area contributed by atoms with Crippen LogP contribution in [0.4, 0.5) is 18.9 Å². The predicted octanol–water partition coefficient (Wildman–Crippen LogP) is 1.99. The molecule has 1 aromatic carbocycles. The molecule has 0 aliphatic carbocycles. The maximum atomic E-state index is 11.7. The summed E-state index contributed by atoms with van der Waals surface area (Å²) in [6, 6.07) is 8.26. The molecule has 0 spiro atoms. The molecule has 1 rings (SSSR count). The number of para-hydroxylation sites is 1. The van der Waals surface area contributed by atoms with Gasteiger partial charge in [0.05, 0.1) is 0 Å². The number of benzene rings is 1. The Morgan fingerprint density at radius 2 is 2.08 bits per heavy atom. The molecule has 69 valence electrons. The first kappa shape index (κ1) is 9.57. The van der Waals surface area contributed by atoms with E-state index in [2.05, 4.69) is 6.07 Å². The van der Waals surface area contributed by atoms with Gasteiger partial charge in [0.1, 0.15) is 0 Å². The number of nitrogens with one attached hydrogen (secondary N) is 1. The molecule has 0 aromatic heterocycles. The summed E-state index contributed by atoms with van der Waals surface area (Å²) >= 11 is 0. The van der Waals surface area contributed by atoms with Gasteiger partial charge in [-0.1, -0.05) is 18.2 Å². The lowest BCUT2D eigenvalue weighted by atomic mass is 10.3. The van der Waals surface area contributed by atoms with E-state index < -0.39 is 12.1 Å². The summed E-state index contributed by atoms with van der Waals surface area (Å²) in [5, 5.41) is 1.66. The quantitative estimate of drug-likeness (QED) is 0.717. The molecule has 0 bridgehead atoms. The van der Waals surface area contributed by atoms with Crippen molar-refractivity contribution in [1.29, 1.82) is 0 Å². The van der Waals surface area contributed by atoms with Crippen molar-refractivity contribution < 1.29 is 18.0 Å². The summed E-state index contributed by atoms with van der Waals surface area (Å²) in [6.45, 7) is 0. The van der Waals surface area contributed by atoms with Gasteiger partial charge in [0.25, 0.3) is 0 Å². The highest BCUT2D eigenvalue weighted by Gasteiger charge is 2.38. The van der Waals surface area contributed by atoms with E-state index in [0.29, 0.717) is 0 Å². The average Bonchev–Trinajstić information content (AvgIpc) is 2.04. The predicted molar refractivity (Wildman–Crippen MR) is 40.0 cm³/mol. The standard InChI is InChI=1S/C8H5F3NO/c9-8(10,11)7(13)12-6-4-2-1-3-5-6/h1-4H,(H,12,13). The SMILES string of the molecule is O=C(Nc1[c]cccc1)C(F)(F)F. The van der Waals surface area contributed by atoms with Crippen molar-refractivity contribution in [3.63, 3.8) is 0 Å². The second kappa shape index (κ2) is 3.47. The Morgan fingerprint density at radius 1 is 1.38 bits per heavy atom. The maximum absolute atomic E-state index is 11.7. The Morgan fingerprint density at radius 3 is 2.54 bits per heavy atom. The third-order valence-electron chi connectivity index (χ3n) is 1.21. The van der Waals surface area contributed by atoms with Crippen molar-refractivity contribution in [3.05, 3.63) is 30.3 Å². The van der Waals surface area contributed by atoms with E-state index in [0.717, 1.165) is 0 Å². The first-order chi connectivity index (χ1) is 6.00. The second-order valence-electron chi connectivity index (χ2n) is 2.23. The van der Waals surface area contributed by atoms with Gasteiger partial charge in [-0.15, -0.1) is 0 Å². The van der Waals surface area contributed by atoms with Gasteiger partial charge in [0.2, 0.25) is 0 Å². The van der Waals surface area contributed by atoms with Crippen molar-refractivity contribution in [2.45, 2.75) is 6.18 Å². The van der Waals surface area contributed by atoms with E-state index in [9.17, 15) is 18.0 Å². The molecule has 0 atom stereocenters. The number of halogens is 3. The minimum atomic E-state index is -4.86. The molecule has 5 heteroatoms. The molecule has 0 heterocycles. The van der Waals surface area contributed by atoms with Gasteiger partial charge in [-0.2, -0.15) is 13.2 Å². The fourth-order valence-corrected chi connectivity index (χ4v) is 0.664. The van der Waals surface area contributed by atoms with Crippen molar-refractivity contribution in [3.8, 4) is 0 Å². The van der Waals surface area contributed by atoms with Crippen LogP contribution in [-0.2, 0) is 4.79 Å². The number of hydrogen-bond acceptors (Lipinski definition) is 1. The minimum absolute atomic E-state index is 0.00447. The van der Waals surface area contributed by atoms with Crippen LogP contribution in [-0.4, -0.2) is 12.1 Å². The topological polar surface area (TPSA) is 29.1 Å².